The van der Waals surface area contributed by atoms with Crippen LogP contribution in [0.15, 0.2) is 72.9 Å². The molecule has 8 aliphatic carbocycles. The Morgan fingerprint density at radius 1 is 0.500 bits per heavy atom. The lowest BCUT2D eigenvalue weighted by Crippen LogP contribution is -2.45. The van der Waals surface area contributed by atoms with Gasteiger partial charge in [0.05, 0.1) is 10.8 Å². The van der Waals surface area contributed by atoms with Gasteiger partial charge in [-0.2, -0.15) is 0 Å². The van der Waals surface area contributed by atoms with Gasteiger partial charge in [0.2, 0.25) is 0 Å². The molecule has 34 heavy (non-hydrogen) atoms. The second kappa shape index (κ2) is 5.83. The SMILES string of the molecule is O=C(c1ccc(C(=O)C23C([C@@H]4C=C[C@H]2C4)[C@H]2C=C[C@@H]3C2)cc1)C12C([C@@H]3C=C[C@H]1C3)[C@H]1C=C[C@@H]2C1. The lowest BCUT2D eigenvalue weighted by atomic mass is 9.59. The van der Waals surface area contributed by atoms with E-state index in [0.717, 1.165) is 36.8 Å². The molecule has 4 fully saturated rings. The highest BCUT2D eigenvalue weighted by Gasteiger charge is 2.70. The molecule has 8 bridgehead atoms. The number of fused-ring (bicyclic) bond motifs is 18. The Balaban J connectivity index is 1.08. The van der Waals surface area contributed by atoms with E-state index in [1.54, 1.807) is 0 Å². The van der Waals surface area contributed by atoms with Crippen LogP contribution < -0.4 is 0 Å². The number of hydrogen-bond donors (Lipinski definition) is 0. The van der Waals surface area contributed by atoms with Crippen LogP contribution in [-0.4, -0.2) is 11.6 Å². The average Bonchev–Trinajstić information content (AvgIpc) is 3.72. The van der Waals surface area contributed by atoms with Gasteiger partial charge in [-0.15, -0.1) is 0 Å². The predicted octanol–water partition coefficient (Wildman–Crippen LogP) is 6.08. The molecule has 0 spiro atoms. The van der Waals surface area contributed by atoms with Gasteiger partial charge in [0.1, 0.15) is 0 Å². The molecular formula is C32H30O2. The quantitative estimate of drug-likeness (QED) is 0.319. The Kier molecular flexibility index (Phi) is 3.23. The second-order valence-electron chi connectivity index (χ2n) is 12.7. The fourth-order valence-electron chi connectivity index (χ4n) is 11.2. The molecular weight excluding hydrogens is 416 g/mol. The van der Waals surface area contributed by atoms with Gasteiger partial charge < -0.3 is 0 Å². The van der Waals surface area contributed by atoms with E-state index >= 15 is 0 Å². The maximum Gasteiger partial charge on any atom is 0.170 e. The van der Waals surface area contributed by atoms with Gasteiger partial charge in [-0.1, -0.05) is 72.9 Å². The van der Waals surface area contributed by atoms with E-state index in [2.05, 4.69) is 48.6 Å². The van der Waals surface area contributed by atoms with Gasteiger partial charge >= 0.3 is 0 Å². The van der Waals surface area contributed by atoms with Crippen molar-refractivity contribution in [2.45, 2.75) is 25.7 Å². The summed E-state index contributed by atoms with van der Waals surface area (Å²) in [5.74, 6) is 5.47. The molecule has 0 radical (unpaired) electrons. The van der Waals surface area contributed by atoms with E-state index in [-0.39, 0.29) is 10.8 Å². The number of carbonyl (C=O) groups is 2. The smallest absolute Gasteiger partial charge is 0.170 e. The molecule has 2 nitrogen and oxygen atoms in total. The van der Waals surface area contributed by atoms with Gasteiger partial charge in [-0.25, -0.2) is 0 Å². The topological polar surface area (TPSA) is 34.1 Å². The van der Waals surface area contributed by atoms with E-state index in [1.807, 2.05) is 24.3 Å². The Bertz CT molecular complexity index is 1120. The minimum absolute atomic E-state index is 0.237. The van der Waals surface area contributed by atoms with Crippen LogP contribution in [0.3, 0.4) is 0 Å². The minimum Gasteiger partial charge on any atom is -0.293 e. The van der Waals surface area contributed by atoms with Crippen molar-refractivity contribution in [3.05, 3.63) is 84.0 Å². The maximum absolute atomic E-state index is 14.2. The third-order valence-electron chi connectivity index (χ3n) is 12.1. The van der Waals surface area contributed by atoms with Crippen LogP contribution in [-0.2, 0) is 0 Å². The molecule has 170 valence electrons. The molecule has 0 saturated heterocycles. The number of ketones is 2. The summed E-state index contributed by atoms with van der Waals surface area (Å²) in [5, 5.41) is 0. The van der Waals surface area contributed by atoms with Crippen LogP contribution in [0, 0.1) is 70.0 Å². The number of allylic oxidation sites excluding steroid dienone is 8. The number of Topliss-reactive ketones (excluding diaryl/α,β-unsaturated/α-hetero) is 2. The fraction of sp³-hybridized carbons (Fsp3) is 0.500. The van der Waals surface area contributed by atoms with Crippen LogP contribution in [0.1, 0.15) is 46.4 Å². The molecule has 1 aromatic rings. The molecule has 8 aliphatic rings. The third kappa shape index (κ3) is 1.80. The summed E-state index contributed by atoms with van der Waals surface area (Å²) in [6.45, 7) is 0. The Hall–Kier alpha value is -2.48. The summed E-state index contributed by atoms with van der Waals surface area (Å²) >= 11 is 0. The number of carbonyl (C=O) groups excluding carboxylic acids is 2. The van der Waals surface area contributed by atoms with Gasteiger partial charge in [0.15, 0.2) is 11.6 Å². The molecule has 0 heterocycles. The van der Waals surface area contributed by atoms with Gasteiger partial charge in [-0.3, -0.25) is 9.59 Å². The molecule has 9 rings (SSSR count). The third-order valence-corrected chi connectivity index (χ3v) is 12.1. The first kappa shape index (κ1) is 18.8. The summed E-state index contributed by atoms with van der Waals surface area (Å²) in [4.78, 5) is 28.4. The summed E-state index contributed by atoms with van der Waals surface area (Å²) in [6.07, 6.45) is 23.5. The van der Waals surface area contributed by atoms with E-state index in [4.69, 9.17) is 0 Å². The normalized spacial score (nSPS) is 52.8. The minimum atomic E-state index is -0.237. The van der Waals surface area contributed by atoms with Crippen molar-refractivity contribution >= 4 is 11.6 Å². The summed E-state index contributed by atoms with van der Waals surface area (Å²) in [6, 6.07) is 7.96. The van der Waals surface area contributed by atoms with Crippen LogP contribution >= 0.6 is 0 Å². The lowest BCUT2D eigenvalue weighted by molar-refractivity contribution is 0.0566. The maximum atomic E-state index is 14.2. The van der Waals surface area contributed by atoms with Crippen molar-refractivity contribution in [2.24, 2.45) is 70.0 Å². The lowest BCUT2D eigenvalue weighted by Gasteiger charge is -2.42. The molecule has 1 aromatic carbocycles. The van der Waals surface area contributed by atoms with Crippen molar-refractivity contribution in [3.8, 4) is 0 Å². The first-order valence-electron chi connectivity index (χ1n) is 13.6. The summed E-state index contributed by atoms with van der Waals surface area (Å²) in [7, 11) is 0. The highest BCUT2D eigenvalue weighted by Crippen LogP contribution is 2.72. The molecule has 2 heteroatoms. The largest absolute Gasteiger partial charge is 0.293 e. The van der Waals surface area contributed by atoms with E-state index in [0.29, 0.717) is 70.7 Å². The zero-order valence-electron chi connectivity index (χ0n) is 19.3. The van der Waals surface area contributed by atoms with Gasteiger partial charge in [0.25, 0.3) is 0 Å². The van der Waals surface area contributed by atoms with E-state index in [1.165, 1.54) is 0 Å². The van der Waals surface area contributed by atoms with Gasteiger partial charge in [-0.05, 0) is 84.9 Å². The van der Waals surface area contributed by atoms with Crippen LogP contribution in [0.25, 0.3) is 0 Å². The van der Waals surface area contributed by atoms with Crippen LogP contribution in [0.5, 0.6) is 0 Å². The molecule has 4 unspecified atom stereocenters. The first-order chi connectivity index (χ1) is 16.6. The van der Waals surface area contributed by atoms with Crippen molar-refractivity contribution in [2.75, 3.05) is 0 Å². The van der Waals surface area contributed by atoms with Gasteiger partial charge in [0, 0.05) is 11.1 Å². The average molecular weight is 447 g/mol. The molecule has 12 atom stereocenters. The highest BCUT2D eigenvalue weighted by molar-refractivity contribution is 6.05. The zero-order chi connectivity index (χ0) is 22.4. The zero-order valence-corrected chi connectivity index (χ0v) is 19.3. The highest BCUT2D eigenvalue weighted by atomic mass is 16.1. The molecule has 0 amide bonds. The molecule has 0 aliphatic heterocycles. The Morgan fingerprint density at radius 3 is 1.09 bits per heavy atom. The number of hydrogen-bond acceptors (Lipinski definition) is 2. The van der Waals surface area contributed by atoms with E-state index < -0.39 is 0 Å². The van der Waals surface area contributed by atoms with Crippen molar-refractivity contribution in [1.82, 2.24) is 0 Å². The standard InChI is InChI=1S/C32H30O2/c33-29(31-23-9-5-19(13-23)27(31)20-6-10-24(31)14-20)17-1-2-18(4-3-17)30(34)32-25-11-7-21(15-25)28(32)22-8-12-26(32)16-22/h1-12,19-28H,13-16H2/t19-,20+,21-,22+,23+,24-,25+,26-,27?,28?,31?,32?. The van der Waals surface area contributed by atoms with Crippen LogP contribution in [0.2, 0.25) is 0 Å². The predicted molar refractivity (Wildman–Crippen MR) is 130 cm³/mol. The van der Waals surface area contributed by atoms with Crippen molar-refractivity contribution < 1.29 is 9.59 Å². The second-order valence-corrected chi connectivity index (χ2v) is 12.7. The summed E-state index contributed by atoms with van der Waals surface area (Å²) < 4.78 is 0. The number of benzene rings is 1. The molecule has 0 N–H and O–H groups in total. The Labute approximate surface area is 200 Å². The first-order valence-corrected chi connectivity index (χ1v) is 13.6. The summed E-state index contributed by atoms with van der Waals surface area (Å²) in [5.41, 5.74) is 1.16. The Morgan fingerprint density at radius 2 is 0.794 bits per heavy atom. The fourth-order valence-corrected chi connectivity index (χ4v) is 11.2. The monoisotopic (exact) mass is 446 g/mol. The van der Waals surface area contributed by atoms with Crippen LogP contribution in [0.4, 0.5) is 0 Å². The molecule has 0 aromatic heterocycles. The van der Waals surface area contributed by atoms with Crippen molar-refractivity contribution in [3.63, 3.8) is 0 Å². The number of rotatable bonds is 4. The van der Waals surface area contributed by atoms with Crippen molar-refractivity contribution in [1.29, 1.82) is 0 Å². The van der Waals surface area contributed by atoms with E-state index in [9.17, 15) is 9.59 Å². The molecule has 4 saturated carbocycles.